The normalized spacial score (nSPS) is 22.5. The molecule has 1 aliphatic heterocycles. The van der Waals surface area contributed by atoms with Gasteiger partial charge in [-0.15, -0.1) is 0 Å². The van der Waals surface area contributed by atoms with Crippen molar-refractivity contribution in [3.8, 4) is 11.4 Å². The fourth-order valence-corrected chi connectivity index (χ4v) is 4.14. The highest BCUT2D eigenvalue weighted by Crippen LogP contribution is 2.29. The molecule has 0 unspecified atom stereocenters. The molecule has 2 atom stereocenters. The van der Waals surface area contributed by atoms with E-state index in [-0.39, 0.29) is 18.1 Å². The molecule has 0 N–H and O–H groups in total. The van der Waals surface area contributed by atoms with Gasteiger partial charge < -0.3 is 14.2 Å². The molecule has 1 aromatic carbocycles. The zero-order valence-electron chi connectivity index (χ0n) is 15.3. The van der Waals surface area contributed by atoms with Crippen LogP contribution in [0.15, 0.2) is 28.8 Å². The monoisotopic (exact) mass is 389 g/mol. The number of amides is 1. The molecule has 4 rings (SSSR count). The quantitative estimate of drug-likeness (QED) is 0.776. The van der Waals surface area contributed by atoms with Gasteiger partial charge in [-0.05, 0) is 43.5 Å². The SMILES string of the molecule is O=C(CCCc1nc(-c2ccc(Cl)cc2)no1)N1CCO[C@H]2CCCC[C@H]21. The number of fused-ring (bicyclic) bond motifs is 1. The highest BCUT2D eigenvalue weighted by molar-refractivity contribution is 6.30. The molecule has 0 bridgehead atoms. The fourth-order valence-electron chi connectivity index (χ4n) is 4.01. The average Bonchev–Trinajstić information content (AvgIpc) is 3.17. The Morgan fingerprint density at radius 3 is 2.89 bits per heavy atom. The average molecular weight is 390 g/mol. The van der Waals surface area contributed by atoms with E-state index >= 15 is 0 Å². The van der Waals surface area contributed by atoms with Crippen LogP contribution in [-0.2, 0) is 16.0 Å². The Labute approximate surface area is 163 Å². The van der Waals surface area contributed by atoms with Crippen molar-refractivity contribution in [1.29, 1.82) is 0 Å². The zero-order valence-corrected chi connectivity index (χ0v) is 16.0. The molecule has 1 saturated heterocycles. The summed E-state index contributed by atoms with van der Waals surface area (Å²) in [4.78, 5) is 19.2. The topological polar surface area (TPSA) is 68.5 Å². The fraction of sp³-hybridized carbons (Fsp3) is 0.550. The lowest BCUT2D eigenvalue weighted by molar-refractivity contribution is -0.149. The lowest BCUT2D eigenvalue weighted by atomic mass is 9.90. The number of hydrogen-bond donors (Lipinski definition) is 0. The molecule has 144 valence electrons. The molecular formula is C20H24ClN3O3. The summed E-state index contributed by atoms with van der Waals surface area (Å²) in [6.07, 6.45) is 6.56. The van der Waals surface area contributed by atoms with Gasteiger partial charge in [0, 0.05) is 30.0 Å². The summed E-state index contributed by atoms with van der Waals surface area (Å²) in [6, 6.07) is 7.58. The van der Waals surface area contributed by atoms with E-state index in [9.17, 15) is 4.79 Å². The maximum Gasteiger partial charge on any atom is 0.226 e. The van der Waals surface area contributed by atoms with E-state index in [2.05, 4.69) is 10.1 Å². The van der Waals surface area contributed by atoms with E-state index in [1.807, 2.05) is 17.0 Å². The molecule has 1 aromatic heterocycles. The molecule has 7 heteroatoms. The number of halogens is 1. The largest absolute Gasteiger partial charge is 0.374 e. The Balaban J connectivity index is 1.29. The molecular weight excluding hydrogens is 366 g/mol. The van der Waals surface area contributed by atoms with E-state index in [0.29, 0.717) is 49.2 Å². The van der Waals surface area contributed by atoms with Gasteiger partial charge in [0.25, 0.3) is 0 Å². The Hall–Kier alpha value is -1.92. The minimum absolute atomic E-state index is 0.215. The van der Waals surface area contributed by atoms with Crippen LogP contribution in [0.5, 0.6) is 0 Å². The Kier molecular flexibility index (Phi) is 5.74. The second-order valence-electron chi connectivity index (χ2n) is 7.22. The Bertz CT molecular complexity index is 775. The number of carbonyl (C=O) groups is 1. The molecule has 2 aromatic rings. The number of ether oxygens (including phenoxy) is 1. The van der Waals surface area contributed by atoms with Gasteiger partial charge >= 0.3 is 0 Å². The molecule has 2 heterocycles. The number of aromatic nitrogens is 2. The van der Waals surface area contributed by atoms with E-state index in [1.165, 1.54) is 12.8 Å². The van der Waals surface area contributed by atoms with Gasteiger partial charge in [0.2, 0.25) is 17.6 Å². The molecule has 0 spiro atoms. The molecule has 1 amide bonds. The summed E-state index contributed by atoms with van der Waals surface area (Å²) in [5.41, 5.74) is 0.863. The summed E-state index contributed by atoms with van der Waals surface area (Å²) in [6.45, 7) is 1.36. The first-order valence-corrected chi connectivity index (χ1v) is 10.1. The number of rotatable bonds is 5. The van der Waals surface area contributed by atoms with E-state index in [4.69, 9.17) is 20.9 Å². The van der Waals surface area contributed by atoms with Crippen molar-refractivity contribution in [2.75, 3.05) is 13.2 Å². The molecule has 2 aliphatic rings. The Morgan fingerprint density at radius 2 is 2.04 bits per heavy atom. The molecule has 27 heavy (non-hydrogen) atoms. The maximum atomic E-state index is 12.7. The van der Waals surface area contributed by atoms with Crippen LogP contribution in [0.1, 0.15) is 44.4 Å². The number of carbonyl (C=O) groups excluding carboxylic acids is 1. The highest BCUT2D eigenvalue weighted by Gasteiger charge is 2.36. The lowest BCUT2D eigenvalue weighted by Gasteiger charge is -2.43. The van der Waals surface area contributed by atoms with Crippen molar-refractivity contribution < 1.29 is 14.1 Å². The maximum absolute atomic E-state index is 12.7. The summed E-state index contributed by atoms with van der Waals surface area (Å²) in [5.74, 6) is 1.32. The van der Waals surface area contributed by atoms with Gasteiger partial charge in [-0.3, -0.25) is 4.79 Å². The third-order valence-electron chi connectivity index (χ3n) is 5.40. The number of nitrogens with zero attached hydrogens (tertiary/aromatic N) is 3. The van der Waals surface area contributed by atoms with Crippen molar-refractivity contribution in [3.63, 3.8) is 0 Å². The number of hydrogen-bond acceptors (Lipinski definition) is 5. The smallest absolute Gasteiger partial charge is 0.226 e. The predicted molar refractivity (Wildman–Crippen MR) is 101 cm³/mol. The first kappa shape index (κ1) is 18.4. The first-order valence-electron chi connectivity index (χ1n) is 9.70. The van der Waals surface area contributed by atoms with Gasteiger partial charge in [0.15, 0.2) is 0 Å². The van der Waals surface area contributed by atoms with Gasteiger partial charge in [0.05, 0.1) is 18.8 Å². The molecule has 1 saturated carbocycles. The second-order valence-corrected chi connectivity index (χ2v) is 7.66. The van der Waals surface area contributed by atoms with Crippen LogP contribution in [-0.4, -0.2) is 46.2 Å². The van der Waals surface area contributed by atoms with Gasteiger partial charge in [-0.25, -0.2) is 0 Å². The lowest BCUT2D eigenvalue weighted by Crippen LogP contribution is -2.54. The minimum atomic E-state index is 0.215. The van der Waals surface area contributed by atoms with E-state index in [1.54, 1.807) is 12.1 Å². The highest BCUT2D eigenvalue weighted by atomic mass is 35.5. The van der Waals surface area contributed by atoms with Crippen molar-refractivity contribution in [2.24, 2.45) is 0 Å². The van der Waals surface area contributed by atoms with Crippen LogP contribution in [0, 0.1) is 0 Å². The molecule has 6 nitrogen and oxygen atoms in total. The van der Waals surface area contributed by atoms with E-state index < -0.39 is 0 Å². The van der Waals surface area contributed by atoms with Crippen LogP contribution in [0.25, 0.3) is 11.4 Å². The third-order valence-corrected chi connectivity index (χ3v) is 5.66. The molecule has 0 radical (unpaired) electrons. The number of morpholine rings is 1. The Morgan fingerprint density at radius 1 is 1.22 bits per heavy atom. The van der Waals surface area contributed by atoms with Crippen molar-refractivity contribution in [3.05, 3.63) is 35.2 Å². The summed E-state index contributed by atoms with van der Waals surface area (Å²) in [5, 5.41) is 4.69. The van der Waals surface area contributed by atoms with Crippen LogP contribution in [0.4, 0.5) is 0 Å². The van der Waals surface area contributed by atoms with Crippen molar-refractivity contribution in [1.82, 2.24) is 15.0 Å². The standard InChI is InChI=1S/C20H24ClN3O3/c21-15-10-8-14(9-11-15)20-22-18(27-23-20)6-3-7-19(25)24-12-13-26-17-5-2-1-4-16(17)24/h8-11,16-17H,1-7,12-13H2/t16-,17+/m1/s1. The summed E-state index contributed by atoms with van der Waals surface area (Å²) in [7, 11) is 0. The van der Waals surface area contributed by atoms with Crippen LogP contribution >= 0.6 is 11.6 Å². The van der Waals surface area contributed by atoms with Crippen LogP contribution in [0.3, 0.4) is 0 Å². The number of aryl methyl sites for hydroxylation is 1. The van der Waals surface area contributed by atoms with E-state index in [0.717, 1.165) is 18.4 Å². The van der Waals surface area contributed by atoms with Crippen molar-refractivity contribution >= 4 is 17.5 Å². The summed E-state index contributed by atoms with van der Waals surface area (Å²) < 4.78 is 11.2. The molecule has 2 fully saturated rings. The first-order chi connectivity index (χ1) is 13.2. The minimum Gasteiger partial charge on any atom is -0.374 e. The van der Waals surface area contributed by atoms with Crippen molar-refractivity contribution in [2.45, 2.75) is 57.1 Å². The van der Waals surface area contributed by atoms with Crippen LogP contribution < -0.4 is 0 Å². The van der Waals surface area contributed by atoms with Gasteiger partial charge in [-0.2, -0.15) is 4.98 Å². The molecule has 1 aliphatic carbocycles. The predicted octanol–water partition coefficient (Wildman–Crippen LogP) is 3.88. The second kappa shape index (κ2) is 8.40. The van der Waals surface area contributed by atoms with Gasteiger partial charge in [0.1, 0.15) is 0 Å². The number of benzene rings is 1. The van der Waals surface area contributed by atoms with Crippen LogP contribution in [0.2, 0.25) is 5.02 Å². The zero-order chi connectivity index (χ0) is 18.6. The third kappa shape index (κ3) is 4.33. The van der Waals surface area contributed by atoms with Gasteiger partial charge in [-0.1, -0.05) is 29.6 Å². The summed E-state index contributed by atoms with van der Waals surface area (Å²) >= 11 is 5.90.